The van der Waals surface area contributed by atoms with Crippen molar-refractivity contribution in [2.24, 2.45) is 13.0 Å². The quantitative estimate of drug-likeness (QED) is 0.0358. The zero-order valence-electron chi connectivity index (χ0n) is 44.9. The highest BCUT2D eigenvalue weighted by Crippen LogP contribution is 2.42. The molecule has 4 heterocycles. The third kappa shape index (κ3) is 13.8. The molecule has 1 aliphatic rings. The van der Waals surface area contributed by atoms with Gasteiger partial charge in [0.15, 0.2) is 0 Å². The van der Waals surface area contributed by atoms with Gasteiger partial charge in [0.05, 0.1) is 35.6 Å². The number of fused-ring (bicyclic) bond motifs is 1. The van der Waals surface area contributed by atoms with Crippen molar-refractivity contribution in [2.75, 3.05) is 26.9 Å². The number of thiocarbonyl (C=S) groups is 1. The van der Waals surface area contributed by atoms with Crippen LogP contribution in [0.2, 0.25) is 0 Å². The van der Waals surface area contributed by atoms with Crippen molar-refractivity contribution < 1.29 is 19.0 Å². The summed E-state index contributed by atoms with van der Waals surface area (Å²) in [5.41, 5.74) is 10.7. The Bertz CT molecular complexity index is 3000. The number of benzene rings is 3. The molecule has 1 saturated heterocycles. The highest BCUT2D eigenvalue weighted by atomic mass is 32.2. The van der Waals surface area contributed by atoms with Gasteiger partial charge in [0, 0.05) is 43.0 Å². The standard InChI is InChI=1S/C62H79N3O5S3/c1-9-14-18-21-35-68-48-30-32-49(55(41-48)70-37-23-20-16-11-3)45-26-28-46(29-27-45)57-51(39-44(13-5)24-17-12-4)52-40-47(50-31-25-43(6)38-54(50)69-36-22-19-15-10-2)33-34-65(52)53(57)42-56-59(66)63(7)61(72-56)58-60(67)64(8)62(71)73-58/h25-34,38,40-42,44H,9-24,35-37,39H2,1-8H3/b56-42+,61-58+. The molecule has 1 fully saturated rings. The first kappa shape index (κ1) is 55.6. The Kier molecular flexibility index (Phi) is 20.9. The second-order valence-electron chi connectivity index (χ2n) is 19.8. The molecular formula is C62H79N3O5S3. The van der Waals surface area contributed by atoms with E-state index in [1.54, 1.807) is 18.7 Å². The van der Waals surface area contributed by atoms with Crippen molar-refractivity contribution in [1.82, 2.24) is 13.9 Å². The first-order chi connectivity index (χ1) is 35.5. The van der Waals surface area contributed by atoms with Gasteiger partial charge in [0.2, 0.25) is 0 Å². The smallest absolute Gasteiger partial charge is 0.268 e. The van der Waals surface area contributed by atoms with Gasteiger partial charge >= 0.3 is 0 Å². The maximum atomic E-state index is 14.4. The van der Waals surface area contributed by atoms with E-state index in [4.69, 9.17) is 26.4 Å². The number of carbonyl (C=O) groups excluding carboxylic acids is 1. The van der Waals surface area contributed by atoms with Gasteiger partial charge in [-0.2, -0.15) is 0 Å². The molecule has 6 aromatic rings. The molecule has 11 heteroatoms. The van der Waals surface area contributed by atoms with Crippen molar-refractivity contribution in [1.29, 1.82) is 0 Å². The van der Waals surface area contributed by atoms with Gasteiger partial charge in [0.1, 0.15) is 31.1 Å². The van der Waals surface area contributed by atoms with Gasteiger partial charge in [-0.3, -0.25) is 14.5 Å². The van der Waals surface area contributed by atoms with Crippen LogP contribution in [0.15, 0.2) is 83.8 Å². The molecule has 7 rings (SSSR count). The van der Waals surface area contributed by atoms with Crippen LogP contribution in [-0.4, -0.2) is 51.0 Å². The molecule has 1 unspecified atom stereocenters. The first-order valence-electron chi connectivity index (χ1n) is 27.3. The molecule has 0 spiro atoms. The van der Waals surface area contributed by atoms with E-state index in [1.807, 2.05) is 0 Å². The van der Waals surface area contributed by atoms with Crippen LogP contribution in [0.4, 0.5) is 0 Å². The fourth-order valence-electron chi connectivity index (χ4n) is 9.77. The summed E-state index contributed by atoms with van der Waals surface area (Å²) < 4.78 is 25.0. The maximum Gasteiger partial charge on any atom is 0.268 e. The number of hydrogen-bond acceptors (Lipinski definition) is 8. The van der Waals surface area contributed by atoms with E-state index in [0.29, 0.717) is 44.2 Å². The van der Waals surface area contributed by atoms with Gasteiger partial charge in [-0.15, -0.1) is 11.3 Å². The number of pyridine rings is 1. The number of carbonyl (C=O) groups is 1. The number of rotatable bonds is 28. The molecule has 0 N–H and O–H groups in total. The Morgan fingerprint density at radius 3 is 1.88 bits per heavy atom. The Hall–Kier alpha value is -5.10. The van der Waals surface area contributed by atoms with E-state index in [0.717, 1.165) is 132 Å². The van der Waals surface area contributed by atoms with Crippen molar-refractivity contribution in [2.45, 2.75) is 151 Å². The van der Waals surface area contributed by atoms with Crippen LogP contribution >= 0.6 is 35.3 Å². The summed E-state index contributed by atoms with van der Waals surface area (Å²) in [6, 6.07) is 26.3. The Morgan fingerprint density at radius 2 is 1.26 bits per heavy atom. The summed E-state index contributed by atoms with van der Waals surface area (Å²) in [4.78, 5) is 29.8. The Balaban J connectivity index is 1.42. The van der Waals surface area contributed by atoms with Crippen LogP contribution in [-0.2, 0) is 18.3 Å². The predicted octanol–water partition coefficient (Wildman–Crippen LogP) is 15.1. The molecule has 1 amide bonds. The third-order valence-corrected chi connectivity index (χ3v) is 17.1. The maximum absolute atomic E-state index is 14.4. The van der Waals surface area contributed by atoms with Gasteiger partial charge in [-0.1, -0.05) is 178 Å². The summed E-state index contributed by atoms with van der Waals surface area (Å²) >= 11 is 8.13. The van der Waals surface area contributed by atoms with E-state index in [2.05, 4.69) is 131 Å². The molecule has 8 nitrogen and oxygen atoms in total. The van der Waals surface area contributed by atoms with Gasteiger partial charge in [-0.25, -0.2) is 0 Å². The largest absolute Gasteiger partial charge is 0.493 e. The van der Waals surface area contributed by atoms with Crippen LogP contribution in [0.3, 0.4) is 0 Å². The summed E-state index contributed by atoms with van der Waals surface area (Å²) in [5, 5.41) is 0. The lowest BCUT2D eigenvalue weighted by molar-refractivity contribution is -0.119. The SMILES string of the molecule is CCCCCCOc1ccc(-c2ccc(-c3c(CC(CC)CCCC)c4cc(-c5ccc(C)cc5OCCCCCC)ccn4c3/C=c3/s/c(=C4/SC(=S)N(C)C4=O)n(C)c3=O)cc2)c(OCCCCCC)c1. The number of nitrogens with zero attached hydrogens (tertiary/aromatic N) is 3. The van der Waals surface area contributed by atoms with Crippen LogP contribution in [0.1, 0.15) is 154 Å². The normalized spacial score (nSPS) is 14.2. The number of aromatic nitrogens is 2. The Labute approximate surface area is 448 Å². The fraction of sp³-hybridized carbons (Fsp3) is 0.468. The lowest BCUT2D eigenvalue weighted by Gasteiger charge is -2.17. The minimum Gasteiger partial charge on any atom is -0.493 e. The van der Waals surface area contributed by atoms with E-state index >= 15 is 0 Å². The first-order valence-corrected chi connectivity index (χ1v) is 29.4. The molecule has 3 aromatic heterocycles. The molecule has 390 valence electrons. The number of aryl methyl sites for hydroxylation is 1. The molecule has 1 aliphatic heterocycles. The summed E-state index contributed by atoms with van der Waals surface area (Å²) in [5.74, 6) is 2.84. The summed E-state index contributed by atoms with van der Waals surface area (Å²) in [6.07, 6.45) is 23.3. The van der Waals surface area contributed by atoms with Gasteiger partial charge < -0.3 is 23.2 Å². The number of thioether (sulfide) groups is 1. The molecule has 0 bridgehead atoms. The van der Waals surface area contributed by atoms with Crippen molar-refractivity contribution in [3.63, 3.8) is 0 Å². The number of unbranched alkanes of at least 4 members (excludes halogenated alkanes) is 10. The minimum atomic E-state index is -0.185. The van der Waals surface area contributed by atoms with Gasteiger partial charge in [-0.05, 0) is 103 Å². The molecule has 1 atom stereocenters. The lowest BCUT2D eigenvalue weighted by Crippen LogP contribution is -2.30. The monoisotopic (exact) mass is 1040 g/mol. The van der Waals surface area contributed by atoms with Crippen molar-refractivity contribution in [3.05, 3.63) is 115 Å². The molecule has 0 saturated carbocycles. The average Bonchev–Trinajstić information content (AvgIpc) is 3.96. The van der Waals surface area contributed by atoms with Gasteiger partial charge in [0.25, 0.3) is 11.5 Å². The number of thiazole rings is 1. The number of amides is 1. The second kappa shape index (κ2) is 27.4. The van der Waals surface area contributed by atoms with Crippen LogP contribution in [0.25, 0.3) is 49.9 Å². The average molecular weight is 1040 g/mol. The topological polar surface area (TPSA) is 74.4 Å². The third-order valence-electron chi connectivity index (χ3n) is 14.2. The van der Waals surface area contributed by atoms with Crippen LogP contribution in [0, 0.1) is 12.8 Å². The van der Waals surface area contributed by atoms with E-state index < -0.39 is 0 Å². The predicted molar refractivity (Wildman–Crippen MR) is 313 cm³/mol. The van der Waals surface area contributed by atoms with E-state index in [-0.39, 0.29) is 11.5 Å². The molecule has 0 aliphatic carbocycles. The molecule has 3 aromatic carbocycles. The minimum absolute atomic E-state index is 0.152. The van der Waals surface area contributed by atoms with Crippen molar-refractivity contribution >= 4 is 62.0 Å². The Morgan fingerprint density at radius 1 is 0.658 bits per heavy atom. The summed E-state index contributed by atoms with van der Waals surface area (Å²) in [7, 11) is 3.44. The zero-order chi connectivity index (χ0) is 51.9. The molecular weight excluding hydrogens is 963 g/mol. The number of ether oxygens (including phenoxy) is 3. The second-order valence-corrected chi connectivity index (χ2v) is 22.5. The zero-order valence-corrected chi connectivity index (χ0v) is 47.4. The van der Waals surface area contributed by atoms with E-state index in [9.17, 15) is 9.59 Å². The van der Waals surface area contributed by atoms with Crippen LogP contribution < -0.4 is 29.0 Å². The molecule has 0 radical (unpaired) electrons. The fourth-order valence-corrected chi connectivity index (χ4v) is 12.2. The summed E-state index contributed by atoms with van der Waals surface area (Å²) in [6.45, 7) is 15.4. The number of hydrogen-bond donors (Lipinski definition) is 0. The highest BCUT2D eigenvalue weighted by molar-refractivity contribution is 8.30. The highest BCUT2D eigenvalue weighted by Gasteiger charge is 2.31. The van der Waals surface area contributed by atoms with Crippen molar-refractivity contribution in [3.8, 4) is 50.6 Å². The van der Waals surface area contributed by atoms with Crippen LogP contribution in [0.5, 0.6) is 17.2 Å². The molecule has 73 heavy (non-hydrogen) atoms. The lowest BCUT2D eigenvalue weighted by atomic mass is 9.88. The van der Waals surface area contributed by atoms with E-state index in [1.165, 1.54) is 78.5 Å².